The van der Waals surface area contributed by atoms with Crippen LogP contribution in [0.4, 0.5) is 5.69 Å². The van der Waals surface area contributed by atoms with Crippen molar-refractivity contribution in [2.45, 2.75) is 69.8 Å². The molecular formula is C38H48ClN3O6S. The Labute approximate surface area is 296 Å². The van der Waals surface area contributed by atoms with Crippen LogP contribution in [0.2, 0.25) is 5.02 Å². The molecule has 1 saturated carbocycles. The molecular weight excluding hydrogens is 662 g/mol. The molecule has 9 nitrogen and oxygen atoms in total. The van der Waals surface area contributed by atoms with Gasteiger partial charge in [0.05, 0.1) is 30.7 Å². The number of morpholine rings is 1. The first-order valence-corrected chi connectivity index (χ1v) is 19.5. The Hall–Kier alpha value is -3.07. The standard InChI is InChI=1S/C38H48ClN3O6S/c1-27-7-5-15-38(44,16-6-17-41-19-21-47-22-20-41)34-13-10-31(34)25-42-18-4-3-8-29-23-33(39)12-9-32(29)26-48-36-14-11-30(24-35(36)42)37(43)40-49(45,46)28(27)2/h5,9,11-12,14-15,23-24,27-28,31,34,44H,3-4,7-8,10,13,17-22,25-26H2,1-2H3,(H,40,43)/b15-5+/t27-,28+,31-,34+,38-/m0/s1. The first-order chi connectivity index (χ1) is 23.5. The summed E-state index contributed by atoms with van der Waals surface area (Å²) < 4.78 is 41.1. The first kappa shape index (κ1) is 35.7. The van der Waals surface area contributed by atoms with E-state index >= 15 is 0 Å². The number of allylic oxidation sites excluding steroid dienone is 1. The average Bonchev–Trinajstić information content (AvgIpc) is 3.09. The number of aliphatic hydroxyl groups is 1. The highest BCUT2D eigenvalue weighted by molar-refractivity contribution is 7.90. The minimum absolute atomic E-state index is 0.106. The van der Waals surface area contributed by atoms with E-state index in [4.69, 9.17) is 21.1 Å². The Morgan fingerprint density at radius 1 is 1.06 bits per heavy atom. The second-order valence-electron chi connectivity index (χ2n) is 14.0. The van der Waals surface area contributed by atoms with Gasteiger partial charge in [0.2, 0.25) is 10.0 Å². The molecule has 1 amide bonds. The van der Waals surface area contributed by atoms with Gasteiger partial charge >= 0.3 is 0 Å². The number of nitrogens with zero attached hydrogens (tertiary/aromatic N) is 2. The Morgan fingerprint density at radius 2 is 1.88 bits per heavy atom. The molecule has 1 saturated heterocycles. The number of ether oxygens (including phenoxy) is 2. The summed E-state index contributed by atoms with van der Waals surface area (Å²) >= 11 is 6.36. The molecule has 3 heterocycles. The highest BCUT2D eigenvalue weighted by Crippen LogP contribution is 2.45. The second-order valence-corrected chi connectivity index (χ2v) is 16.5. The zero-order valence-corrected chi connectivity index (χ0v) is 30.1. The van der Waals surface area contributed by atoms with Crippen molar-refractivity contribution in [2.24, 2.45) is 17.8 Å². The van der Waals surface area contributed by atoms with E-state index in [-0.39, 0.29) is 23.3 Å². The van der Waals surface area contributed by atoms with Crippen LogP contribution in [-0.4, -0.2) is 81.1 Å². The zero-order valence-electron chi connectivity index (χ0n) is 28.5. The zero-order chi connectivity index (χ0) is 34.6. The molecule has 2 bridgehead atoms. The summed E-state index contributed by atoms with van der Waals surface area (Å²) in [7, 11) is -3.99. The summed E-state index contributed by atoms with van der Waals surface area (Å²) in [4.78, 5) is 18.0. The van der Waals surface area contributed by atoms with Crippen molar-refractivity contribution in [2.75, 3.05) is 50.8 Å². The molecule has 2 N–H and O–H groups in total. The summed E-state index contributed by atoms with van der Waals surface area (Å²) in [5.74, 6) is 6.21. The lowest BCUT2D eigenvalue weighted by Gasteiger charge is -2.46. The van der Waals surface area contributed by atoms with Gasteiger partial charge in [-0.25, -0.2) is 13.1 Å². The number of anilines is 1. The van der Waals surface area contributed by atoms with E-state index in [2.05, 4.69) is 26.4 Å². The van der Waals surface area contributed by atoms with E-state index in [0.717, 1.165) is 62.0 Å². The van der Waals surface area contributed by atoms with Crippen LogP contribution in [0.15, 0.2) is 48.6 Å². The molecule has 2 fully saturated rings. The van der Waals surface area contributed by atoms with Gasteiger partial charge in [0.15, 0.2) is 0 Å². The number of fused-ring (bicyclic) bond motifs is 3. The number of hydrogen-bond acceptors (Lipinski definition) is 8. The van der Waals surface area contributed by atoms with Gasteiger partial charge in [-0.15, -0.1) is 0 Å². The van der Waals surface area contributed by atoms with E-state index in [0.29, 0.717) is 56.6 Å². The number of benzene rings is 2. The van der Waals surface area contributed by atoms with Crippen LogP contribution >= 0.6 is 11.6 Å². The summed E-state index contributed by atoms with van der Waals surface area (Å²) in [6.07, 6.45) is 8.52. The lowest BCUT2D eigenvalue weighted by molar-refractivity contribution is -0.00312. The van der Waals surface area contributed by atoms with Crippen LogP contribution in [0.25, 0.3) is 0 Å². The lowest BCUT2D eigenvalue weighted by Crippen LogP contribution is -2.49. The predicted molar refractivity (Wildman–Crippen MR) is 192 cm³/mol. The third kappa shape index (κ3) is 8.46. The van der Waals surface area contributed by atoms with Crippen molar-refractivity contribution in [1.29, 1.82) is 0 Å². The molecule has 5 atom stereocenters. The fourth-order valence-electron chi connectivity index (χ4n) is 7.28. The van der Waals surface area contributed by atoms with Crippen LogP contribution in [-0.2, 0) is 27.8 Å². The number of aryl methyl sites for hydroxylation is 1. The van der Waals surface area contributed by atoms with Gasteiger partial charge in [-0.3, -0.25) is 9.69 Å². The SMILES string of the molecule is C[C@@H]1[C@@H](C)C/C=C/[C@](O)(C#CCN2CCOCC2)[C@@H]2CC[C@H]2CN2CCCCc3cc(Cl)ccc3COc3ccc(cc32)C(=O)NS1(=O)=O. The largest absolute Gasteiger partial charge is 0.487 e. The molecule has 264 valence electrons. The predicted octanol–water partition coefficient (Wildman–Crippen LogP) is 5.20. The minimum atomic E-state index is -3.99. The fourth-order valence-corrected chi connectivity index (χ4v) is 8.76. The summed E-state index contributed by atoms with van der Waals surface area (Å²) in [5.41, 5.74) is 1.84. The number of carbonyl (C=O) groups excluding carboxylic acids is 1. The van der Waals surface area contributed by atoms with E-state index in [9.17, 15) is 18.3 Å². The Kier molecular flexibility index (Phi) is 11.3. The smallest absolute Gasteiger partial charge is 0.264 e. The topological polar surface area (TPSA) is 108 Å². The molecule has 11 heteroatoms. The van der Waals surface area contributed by atoms with E-state index in [1.165, 1.54) is 0 Å². The summed E-state index contributed by atoms with van der Waals surface area (Å²) in [6, 6.07) is 11.0. The quantitative estimate of drug-likeness (QED) is 0.308. The van der Waals surface area contributed by atoms with Gasteiger partial charge in [0, 0.05) is 42.7 Å². The van der Waals surface area contributed by atoms with Gasteiger partial charge in [0.25, 0.3) is 5.91 Å². The first-order valence-electron chi connectivity index (χ1n) is 17.6. The van der Waals surface area contributed by atoms with Crippen LogP contribution in [0.5, 0.6) is 5.75 Å². The van der Waals surface area contributed by atoms with Gasteiger partial charge in [-0.05, 0) is 105 Å². The van der Waals surface area contributed by atoms with Crippen molar-refractivity contribution in [3.8, 4) is 17.6 Å². The van der Waals surface area contributed by atoms with Crippen molar-refractivity contribution >= 4 is 33.2 Å². The van der Waals surface area contributed by atoms with E-state index in [1.54, 1.807) is 31.2 Å². The molecule has 4 aliphatic rings. The van der Waals surface area contributed by atoms with Crippen molar-refractivity contribution in [1.82, 2.24) is 9.62 Å². The minimum Gasteiger partial charge on any atom is -0.487 e. The van der Waals surface area contributed by atoms with Gasteiger partial charge in [-0.1, -0.05) is 42.5 Å². The van der Waals surface area contributed by atoms with Crippen LogP contribution < -0.4 is 14.4 Å². The third-order valence-electron chi connectivity index (χ3n) is 10.8. The number of hydrogen-bond donors (Lipinski definition) is 2. The van der Waals surface area contributed by atoms with Crippen LogP contribution in [0.1, 0.15) is 67.4 Å². The Balaban J connectivity index is 1.37. The molecule has 0 radical (unpaired) electrons. The number of nitrogens with one attached hydrogen (secondary N) is 1. The molecule has 0 aromatic heterocycles. The summed E-state index contributed by atoms with van der Waals surface area (Å²) in [6.45, 7) is 8.66. The monoisotopic (exact) mass is 709 g/mol. The molecule has 6 rings (SSSR count). The normalized spacial score (nSPS) is 30.0. The highest BCUT2D eigenvalue weighted by Gasteiger charge is 2.45. The fraction of sp³-hybridized carbons (Fsp3) is 0.553. The van der Waals surface area contributed by atoms with Gasteiger partial charge < -0.3 is 19.5 Å². The van der Waals surface area contributed by atoms with Gasteiger partial charge in [-0.2, -0.15) is 0 Å². The third-order valence-corrected chi connectivity index (χ3v) is 12.9. The molecule has 3 aliphatic heterocycles. The van der Waals surface area contributed by atoms with Crippen LogP contribution in [0.3, 0.4) is 0 Å². The number of carbonyl (C=O) groups is 1. The van der Waals surface area contributed by atoms with Gasteiger partial charge in [0.1, 0.15) is 18.0 Å². The summed E-state index contributed by atoms with van der Waals surface area (Å²) in [5, 5.41) is 12.1. The highest BCUT2D eigenvalue weighted by atomic mass is 35.5. The second kappa shape index (κ2) is 15.4. The van der Waals surface area contributed by atoms with Crippen molar-refractivity contribution < 1.29 is 27.8 Å². The van der Waals surface area contributed by atoms with E-state index in [1.807, 2.05) is 31.2 Å². The lowest BCUT2D eigenvalue weighted by atomic mass is 9.64. The number of amides is 1. The number of halogens is 1. The Morgan fingerprint density at radius 3 is 2.65 bits per heavy atom. The maximum atomic E-state index is 13.5. The number of sulfonamides is 1. The molecule has 0 spiro atoms. The van der Waals surface area contributed by atoms with Crippen molar-refractivity contribution in [3.63, 3.8) is 0 Å². The van der Waals surface area contributed by atoms with Crippen molar-refractivity contribution in [3.05, 3.63) is 70.3 Å². The maximum absolute atomic E-state index is 13.5. The molecule has 0 unspecified atom stereocenters. The molecule has 2 aromatic carbocycles. The maximum Gasteiger partial charge on any atom is 0.264 e. The number of rotatable bonds is 1. The molecule has 2 aromatic rings. The molecule has 49 heavy (non-hydrogen) atoms. The molecule has 1 aliphatic carbocycles. The Bertz CT molecular complexity index is 1720. The average molecular weight is 710 g/mol. The van der Waals surface area contributed by atoms with E-state index < -0.39 is 26.8 Å². The van der Waals surface area contributed by atoms with Crippen LogP contribution in [0, 0.1) is 29.6 Å².